The number of halogens is 1. The number of aryl methyl sites for hydroxylation is 1. The summed E-state index contributed by atoms with van der Waals surface area (Å²) in [5.74, 6) is -0.486. The van der Waals surface area contributed by atoms with Crippen LogP contribution < -0.4 is 4.74 Å². The third-order valence-electron chi connectivity index (χ3n) is 7.57. The molecule has 1 fully saturated rings. The van der Waals surface area contributed by atoms with Gasteiger partial charge in [0.25, 0.3) is 5.91 Å². The number of ether oxygens (including phenoxy) is 3. The summed E-state index contributed by atoms with van der Waals surface area (Å²) in [4.78, 5) is 41.8. The van der Waals surface area contributed by atoms with Crippen LogP contribution in [0, 0.1) is 12.3 Å². The highest BCUT2D eigenvalue weighted by atomic mass is 35.5. The van der Waals surface area contributed by atoms with Crippen molar-refractivity contribution < 1.29 is 30.0 Å². The van der Waals surface area contributed by atoms with Gasteiger partial charge in [0.15, 0.2) is 6.23 Å². The fraction of sp³-hybridized carbons (Fsp3) is 0.324. The van der Waals surface area contributed by atoms with Crippen molar-refractivity contribution in [3.05, 3.63) is 100 Å². The summed E-state index contributed by atoms with van der Waals surface area (Å²) in [5, 5.41) is 1.26. The molecule has 0 bridgehead atoms. The lowest BCUT2D eigenvalue weighted by Crippen LogP contribution is -2.48. The van der Waals surface area contributed by atoms with E-state index in [9.17, 15) is 15.8 Å². The number of fused-ring (bicyclic) bond motifs is 1. The molecule has 1 aliphatic heterocycles. The van der Waals surface area contributed by atoms with Gasteiger partial charge in [0.2, 0.25) is 0 Å². The lowest BCUT2D eigenvalue weighted by molar-refractivity contribution is -0.147. The third kappa shape index (κ3) is 6.11. The van der Waals surface area contributed by atoms with Crippen molar-refractivity contribution in [2.75, 3.05) is 7.11 Å². The number of carbonyl (C=O) groups is 3. The minimum absolute atomic E-state index is 0.0174. The average Bonchev–Trinajstić information content (AvgIpc) is 3.44. The zero-order valence-corrected chi connectivity index (χ0v) is 25.6. The molecular weight excluding hydrogens is 568 g/mol. The van der Waals surface area contributed by atoms with E-state index < -0.39 is 29.7 Å². The first-order chi connectivity index (χ1) is 20.8. The Bertz CT molecular complexity index is 1710. The standard InChI is InChI=1S/C34H35ClN2O6/c1-21-26(27-19-25(41-5)15-17-28(27)36(21)30(38)23-11-13-24(35)14-12-23)16-18-29-31(39)43-32(34(2,3)4)37(29)33(40)42-20-22-9-7-6-8-10-22/h6-15,17,19,29,32H,16,18,20H2,1-5H3/t29-,32?/m1/s1/i29D. The number of hydrogen-bond donors (Lipinski definition) is 0. The van der Waals surface area contributed by atoms with Gasteiger partial charge in [-0.3, -0.25) is 14.3 Å². The van der Waals surface area contributed by atoms with E-state index in [4.69, 9.17) is 25.8 Å². The Morgan fingerprint density at radius 3 is 2.40 bits per heavy atom. The van der Waals surface area contributed by atoms with E-state index in [-0.39, 0.29) is 25.4 Å². The van der Waals surface area contributed by atoms with E-state index in [1.165, 1.54) is 0 Å². The predicted molar refractivity (Wildman–Crippen MR) is 164 cm³/mol. The fourth-order valence-corrected chi connectivity index (χ4v) is 5.50. The second-order valence-electron chi connectivity index (χ2n) is 11.6. The smallest absolute Gasteiger partial charge is 0.413 e. The average molecular weight is 604 g/mol. The van der Waals surface area contributed by atoms with Crippen LogP contribution in [-0.2, 0) is 27.3 Å². The Morgan fingerprint density at radius 1 is 1.05 bits per heavy atom. The van der Waals surface area contributed by atoms with Crippen molar-refractivity contribution in [1.82, 2.24) is 9.47 Å². The highest BCUT2D eigenvalue weighted by Gasteiger charge is 2.50. The molecule has 1 amide bonds. The Kier molecular flexibility index (Phi) is 8.13. The van der Waals surface area contributed by atoms with Crippen LogP contribution in [0.15, 0.2) is 72.8 Å². The molecule has 3 aromatic carbocycles. The van der Waals surface area contributed by atoms with Crippen LogP contribution in [0.25, 0.3) is 10.9 Å². The molecule has 0 N–H and O–H groups in total. The van der Waals surface area contributed by atoms with E-state index in [1.807, 2.05) is 70.2 Å². The van der Waals surface area contributed by atoms with Gasteiger partial charge in [-0.25, -0.2) is 9.59 Å². The summed E-state index contributed by atoms with van der Waals surface area (Å²) >= 11 is 6.05. The molecule has 2 heterocycles. The molecule has 0 aliphatic carbocycles. The second-order valence-corrected chi connectivity index (χ2v) is 12.0. The summed E-state index contributed by atoms with van der Waals surface area (Å²) in [6, 6.07) is 19.2. The van der Waals surface area contributed by atoms with Gasteiger partial charge in [-0.1, -0.05) is 62.7 Å². The van der Waals surface area contributed by atoms with Crippen molar-refractivity contribution in [3.8, 4) is 5.75 Å². The van der Waals surface area contributed by atoms with Gasteiger partial charge in [-0.05, 0) is 73.4 Å². The van der Waals surface area contributed by atoms with E-state index in [0.29, 0.717) is 27.5 Å². The number of cyclic esters (lactones) is 1. The zero-order chi connectivity index (χ0) is 31.8. The molecule has 5 rings (SSSR count). The first-order valence-corrected chi connectivity index (χ1v) is 14.4. The Balaban J connectivity index is 1.51. The maximum atomic E-state index is 13.7. The molecule has 0 spiro atoms. The fourth-order valence-electron chi connectivity index (χ4n) is 5.37. The summed E-state index contributed by atoms with van der Waals surface area (Å²) in [7, 11) is 1.56. The molecule has 224 valence electrons. The quantitative estimate of drug-likeness (QED) is 0.208. The highest BCUT2D eigenvalue weighted by molar-refractivity contribution is 6.30. The van der Waals surface area contributed by atoms with Crippen molar-refractivity contribution in [1.29, 1.82) is 0 Å². The number of rotatable bonds is 7. The topological polar surface area (TPSA) is 87.1 Å². The first kappa shape index (κ1) is 28.8. The maximum absolute atomic E-state index is 13.7. The highest BCUT2D eigenvalue weighted by Crippen LogP contribution is 2.37. The van der Waals surface area contributed by atoms with Gasteiger partial charge in [0.05, 0.1) is 14.0 Å². The molecule has 1 saturated heterocycles. The van der Waals surface area contributed by atoms with Crippen molar-refractivity contribution in [2.24, 2.45) is 5.41 Å². The lowest BCUT2D eigenvalue weighted by Gasteiger charge is -2.33. The molecule has 9 heteroatoms. The van der Waals surface area contributed by atoms with Gasteiger partial charge in [-0.2, -0.15) is 0 Å². The van der Waals surface area contributed by atoms with E-state index >= 15 is 0 Å². The SMILES string of the molecule is [2H][C@@]1(CCc2c(C)n(C(=O)c3ccc(Cl)cc3)c3ccc(OC)cc23)C(=O)OC(C(C)(C)C)N1C(=O)OCc1ccccc1. The van der Waals surface area contributed by atoms with Crippen LogP contribution in [-0.4, -0.2) is 46.8 Å². The molecule has 8 nitrogen and oxygen atoms in total. The van der Waals surface area contributed by atoms with Crippen molar-refractivity contribution in [3.63, 3.8) is 0 Å². The summed E-state index contributed by atoms with van der Waals surface area (Å²) in [6.07, 6.45) is -1.72. The monoisotopic (exact) mass is 603 g/mol. The van der Waals surface area contributed by atoms with Gasteiger partial charge in [-0.15, -0.1) is 0 Å². The number of nitrogens with zero attached hydrogens (tertiary/aromatic N) is 2. The number of methoxy groups -OCH3 is 1. The normalized spacial score (nSPS) is 18.8. The van der Waals surface area contributed by atoms with Crippen LogP contribution in [0.4, 0.5) is 4.79 Å². The molecule has 1 aromatic heterocycles. The van der Waals surface area contributed by atoms with Crippen molar-refractivity contribution >= 4 is 40.5 Å². The van der Waals surface area contributed by atoms with Crippen LogP contribution in [0.3, 0.4) is 0 Å². The molecular formula is C34H35ClN2O6. The number of aromatic nitrogens is 1. The Morgan fingerprint density at radius 2 is 1.74 bits per heavy atom. The molecule has 2 atom stereocenters. The predicted octanol–water partition coefficient (Wildman–Crippen LogP) is 7.17. The number of esters is 1. The van der Waals surface area contributed by atoms with Gasteiger partial charge in [0.1, 0.15) is 18.4 Å². The van der Waals surface area contributed by atoms with Crippen molar-refractivity contribution in [2.45, 2.75) is 59.4 Å². The van der Waals surface area contributed by atoms with Crippen LogP contribution in [0.1, 0.15) is 55.7 Å². The molecule has 0 radical (unpaired) electrons. The zero-order valence-electron chi connectivity index (χ0n) is 25.8. The van der Waals surface area contributed by atoms with Crippen LogP contribution in [0.5, 0.6) is 5.75 Å². The Labute approximate surface area is 257 Å². The summed E-state index contributed by atoms with van der Waals surface area (Å²) in [5.41, 5.74) is 2.59. The van der Waals surface area contributed by atoms with Gasteiger partial charge >= 0.3 is 12.1 Å². The van der Waals surface area contributed by atoms with E-state index in [0.717, 1.165) is 21.4 Å². The third-order valence-corrected chi connectivity index (χ3v) is 7.82. The number of carbonyl (C=O) groups excluding carboxylic acids is 3. The van der Waals surface area contributed by atoms with Gasteiger partial charge < -0.3 is 14.2 Å². The van der Waals surface area contributed by atoms with Gasteiger partial charge in [0, 0.05) is 27.1 Å². The molecule has 43 heavy (non-hydrogen) atoms. The van der Waals surface area contributed by atoms with Crippen LogP contribution >= 0.6 is 11.6 Å². The van der Waals surface area contributed by atoms with E-state index in [2.05, 4.69) is 0 Å². The molecule has 1 unspecified atom stereocenters. The Hall–Kier alpha value is -4.30. The first-order valence-electron chi connectivity index (χ1n) is 14.5. The lowest BCUT2D eigenvalue weighted by atomic mass is 9.93. The number of hydrogen-bond acceptors (Lipinski definition) is 6. The maximum Gasteiger partial charge on any atom is 0.413 e. The minimum Gasteiger partial charge on any atom is -0.497 e. The minimum atomic E-state index is -2.06. The molecule has 0 saturated carbocycles. The largest absolute Gasteiger partial charge is 0.497 e. The van der Waals surface area contributed by atoms with Crippen LogP contribution in [0.2, 0.25) is 5.02 Å². The summed E-state index contributed by atoms with van der Waals surface area (Å²) < 4.78 is 27.7. The molecule has 4 aromatic rings. The second kappa shape index (κ2) is 12.1. The van der Waals surface area contributed by atoms with E-state index in [1.54, 1.807) is 42.0 Å². The number of benzene rings is 3. The number of amides is 1. The summed E-state index contributed by atoms with van der Waals surface area (Å²) in [6.45, 7) is 7.31. The molecule has 1 aliphatic rings.